The molecule has 2 unspecified atom stereocenters. The first-order chi connectivity index (χ1) is 16.4. The lowest BCUT2D eigenvalue weighted by molar-refractivity contribution is -0.00819. The van der Waals surface area contributed by atoms with Gasteiger partial charge in [0.05, 0.1) is 18.0 Å². The highest BCUT2D eigenvalue weighted by atomic mass is 35.5. The Balaban J connectivity index is 1.92. The molecular formula is C24H24Cl2F2N2O4S. The monoisotopic (exact) mass is 544 g/mol. The lowest BCUT2D eigenvalue weighted by atomic mass is 9.97. The van der Waals surface area contributed by atoms with E-state index in [9.17, 15) is 22.3 Å². The zero-order chi connectivity index (χ0) is 25.8. The van der Waals surface area contributed by atoms with Crippen LogP contribution in [0.25, 0.3) is 0 Å². The summed E-state index contributed by atoms with van der Waals surface area (Å²) in [6, 6.07) is 12.4. The van der Waals surface area contributed by atoms with Crippen LogP contribution in [0, 0.1) is 11.6 Å². The molecule has 11 heteroatoms. The maximum atomic E-state index is 13.8. The Hall–Kier alpha value is -2.27. The summed E-state index contributed by atoms with van der Waals surface area (Å²) in [7, 11) is -2.73. The molecule has 0 spiro atoms. The number of hydrogen-bond donors (Lipinski definition) is 3. The van der Waals surface area contributed by atoms with E-state index in [1.807, 2.05) is 0 Å². The number of ether oxygens (including phenoxy) is 1. The van der Waals surface area contributed by atoms with E-state index in [1.54, 1.807) is 24.3 Å². The third kappa shape index (κ3) is 7.60. The van der Waals surface area contributed by atoms with Gasteiger partial charge in [0.15, 0.2) is 0 Å². The van der Waals surface area contributed by atoms with Crippen LogP contribution in [0.5, 0.6) is 5.75 Å². The van der Waals surface area contributed by atoms with Gasteiger partial charge < -0.3 is 9.84 Å². The predicted molar refractivity (Wildman–Crippen MR) is 131 cm³/mol. The molecule has 0 aliphatic heterocycles. The second-order valence-electron chi connectivity index (χ2n) is 8.11. The Kier molecular flexibility index (Phi) is 8.74. The molecule has 0 saturated carbocycles. The van der Waals surface area contributed by atoms with Crippen LogP contribution in [0.4, 0.5) is 8.78 Å². The van der Waals surface area contributed by atoms with E-state index < -0.39 is 33.4 Å². The van der Waals surface area contributed by atoms with Gasteiger partial charge in [-0.2, -0.15) is 0 Å². The fourth-order valence-electron chi connectivity index (χ4n) is 3.45. The highest BCUT2D eigenvalue weighted by Gasteiger charge is 2.35. The van der Waals surface area contributed by atoms with Crippen molar-refractivity contribution in [3.8, 4) is 5.75 Å². The van der Waals surface area contributed by atoms with E-state index in [4.69, 9.17) is 27.9 Å². The minimum absolute atomic E-state index is 0.101. The van der Waals surface area contributed by atoms with Crippen LogP contribution in [0.3, 0.4) is 0 Å². The summed E-state index contributed by atoms with van der Waals surface area (Å²) in [6.45, 7) is 1.50. The minimum atomic E-state index is -4.25. The summed E-state index contributed by atoms with van der Waals surface area (Å²) in [5, 5.41) is 14.4. The number of methoxy groups -OCH3 is 1. The van der Waals surface area contributed by atoms with E-state index in [1.165, 1.54) is 32.2 Å². The van der Waals surface area contributed by atoms with Crippen molar-refractivity contribution in [3.05, 3.63) is 93.5 Å². The molecule has 3 N–H and O–H groups in total. The Morgan fingerprint density at radius 1 is 1.00 bits per heavy atom. The van der Waals surface area contributed by atoms with Crippen molar-refractivity contribution in [3.63, 3.8) is 0 Å². The summed E-state index contributed by atoms with van der Waals surface area (Å²) in [6.07, 6.45) is -0.236. The number of hydrogen-bond acceptors (Lipinski definition) is 5. The van der Waals surface area contributed by atoms with Crippen molar-refractivity contribution < 1.29 is 27.0 Å². The maximum absolute atomic E-state index is 13.8. The van der Waals surface area contributed by atoms with E-state index >= 15 is 0 Å². The normalized spacial score (nSPS) is 14.4. The Bertz CT molecular complexity index is 1270. The summed E-state index contributed by atoms with van der Waals surface area (Å²) in [5.74, 6) is -1.05. The SMILES string of the molecule is COc1cccc(CNC(C)(O)C(Cc2cc(F)cc(F)c2)NS(=O)(=O)c2cc(Cl)cc(Cl)c2)c1. The van der Waals surface area contributed by atoms with Gasteiger partial charge in [0.2, 0.25) is 10.0 Å². The average molecular weight is 545 g/mol. The quantitative estimate of drug-likeness (QED) is 0.323. The standard InChI is InChI=1S/C24H24Cl2F2N2O4S/c1-24(31,29-14-15-4-3-5-21(8-15)34-2)23(9-16-6-19(27)13-20(28)7-16)30-35(32,33)22-11-17(25)10-18(26)12-22/h3-8,10-13,23,29-31H,9,14H2,1-2H3. The fourth-order valence-corrected chi connectivity index (χ4v) is 5.49. The molecule has 188 valence electrons. The number of rotatable bonds is 10. The lowest BCUT2D eigenvalue weighted by Gasteiger charge is -2.34. The number of nitrogens with one attached hydrogen (secondary N) is 2. The topological polar surface area (TPSA) is 87.7 Å². The van der Waals surface area contributed by atoms with Crippen LogP contribution in [0.1, 0.15) is 18.1 Å². The summed E-state index contributed by atoms with van der Waals surface area (Å²) in [5.41, 5.74) is -0.964. The smallest absolute Gasteiger partial charge is 0.241 e. The van der Waals surface area contributed by atoms with Gasteiger partial charge in [-0.1, -0.05) is 35.3 Å². The molecule has 2 atom stereocenters. The first-order valence-corrected chi connectivity index (χ1v) is 12.7. The average Bonchev–Trinajstić information content (AvgIpc) is 2.76. The van der Waals surface area contributed by atoms with E-state index in [2.05, 4.69) is 10.0 Å². The molecule has 6 nitrogen and oxygen atoms in total. The zero-order valence-electron chi connectivity index (χ0n) is 18.9. The number of aliphatic hydroxyl groups is 1. The van der Waals surface area contributed by atoms with Crippen molar-refractivity contribution in [2.45, 2.75) is 36.6 Å². The van der Waals surface area contributed by atoms with Gasteiger partial charge in [0, 0.05) is 22.7 Å². The van der Waals surface area contributed by atoms with Gasteiger partial charge in [0.1, 0.15) is 23.1 Å². The molecule has 0 amide bonds. The molecule has 0 aliphatic rings. The van der Waals surface area contributed by atoms with Crippen molar-refractivity contribution in [1.29, 1.82) is 0 Å². The van der Waals surface area contributed by atoms with Gasteiger partial charge in [-0.05, 0) is 66.9 Å². The Labute approximate surface area is 212 Å². The van der Waals surface area contributed by atoms with Crippen LogP contribution in [-0.4, -0.2) is 32.4 Å². The summed E-state index contributed by atoms with van der Waals surface area (Å²) in [4.78, 5) is -0.228. The van der Waals surface area contributed by atoms with E-state index in [0.717, 1.165) is 17.7 Å². The van der Waals surface area contributed by atoms with Gasteiger partial charge in [-0.15, -0.1) is 0 Å². The van der Waals surface area contributed by atoms with Crippen molar-refractivity contribution in [1.82, 2.24) is 10.0 Å². The van der Waals surface area contributed by atoms with Crippen LogP contribution < -0.4 is 14.8 Å². The molecule has 0 bridgehead atoms. The molecule has 3 aromatic rings. The van der Waals surface area contributed by atoms with Crippen molar-refractivity contribution >= 4 is 33.2 Å². The highest BCUT2D eigenvalue weighted by molar-refractivity contribution is 7.89. The van der Waals surface area contributed by atoms with Gasteiger partial charge in [0.25, 0.3) is 0 Å². The molecule has 0 aliphatic carbocycles. The predicted octanol–water partition coefficient (Wildman–Crippen LogP) is 4.67. The third-order valence-electron chi connectivity index (χ3n) is 5.27. The molecule has 0 saturated heterocycles. The van der Waals surface area contributed by atoms with E-state index in [-0.39, 0.29) is 33.5 Å². The fraction of sp³-hybridized carbons (Fsp3) is 0.250. The largest absolute Gasteiger partial charge is 0.497 e. The number of sulfonamides is 1. The number of halogens is 4. The Morgan fingerprint density at radius 3 is 2.23 bits per heavy atom. The maximum Gasteiger partial charge on any atom is 0.241 e. The van der Waals surface area contributed by atoms with Gasteiger partial charge in [-0.3, -0.25) is 5.32 Å². The molecule has 0 heterocycles. The lowest BCUT2D eigenvalue weighted by Crippen LogP contribution is -2.59. The molecule has 3 aromatic carbocycles. The third-order valence-corrected chi connectivity index (χ3v) is 7.16. The zero-order valence-corrected chi connectivity index (χ0v) is 21.2. The van der Waals surface area contributed by atoms with E-state index in [0.29, 0.717) is 11.8 Å². The van der Waals surface area contributed by atoms with Gasteiger partial charge in [-0.25, -0.2) is 21.9 Å². The Morgan fingerprint density at radius 2 is 1.63 bits per heavy atom. The molecule has 0 fully saturated rings. The molecule has 3 rings (SSSR count). The minimum Gasteiger partial charge on any atom is -0.497 e. The van der Waals surface area contributed by atoms with Crippen LogP contribution >= 0.6 is 23.2 Å². The van der Waals surface area contributed by atoms with Crippen LogP contribution in [0.2, 0.25) is 10.0 Å². The number of benzene rings is 3. The second kappa shape index (κ2) is 11.2. The molecule has 0 radical (unpaired) electrons. The van der Waals surface area contributed by atoms with Crippen LogP contribution in [-0.2, 0) is 23.0 Å². The summed E-state index contributed by atoms with van der Waals surface area (Å²) < 4.78 is 61.5. The van der Waals surface area contributed by atoms with Crippen molar-refractivity contribution in [2.75, 3.05) is 7.11 Å². The van der Waals surface area contributed by atoms with Gasteiger partial charge >= 0.3 is 0 Å². The molecule has 0 aromatic heterocycles. The first-order valence-electron chi connectivity index (χ1n) is 10.4. The highest BCUT2D eigenvalue weighted by Crippen LogP contribution is 2.24. The second-order valence-corrected chi connectivity index (χ2v) is 10.7. The molecular weight excluding hydrogens is 521 g/mol. The van der Waals surface area contributed by atoms with Crippen LogP contribution in [0.15, 0.2) is 65.6 Å². The summed E-state index contributed by atoms with van der Waals surface area (Å²) >= 11 is 11.9. The first kappa shape index (κ1) is 27.3. The molecule has 35 heavy (non-hydrogen) atoms. The van der Waals surface area contributed by atoms with Crippen molar-refractivity contribution in [2.24, 2.45) is 0 Å².